The van der Waals surface area contributed by atoms with E-state index < -0.39 is 0 Å². The van der Waals surface area contributed by atoms with E-state index in [1.807, 2.05) is 59.6 Å². The first-order valence-electron chi connectivity index (χ1n) is 9.18. The number of amides is 1. The van der Waals surface area contributed by atoms with Crippen molar-refractivity contribution in [3.05, 3.63) is 72.3 Å². The Balaban J connectivity index is 1.79. The minimum absolute atomic E-state index is 0.131. The molecule has 1 fully saturated rings. The first kappa shape index (κ1) is 18.9. The predicted molar refractivity (Wildman–Crippen MR) is 116 cm³/mol. The van der Waals surface area contributed by atoms with E-state index in [0.29, 0.717) is 16.5 Å². The molecule has 0 aliphatic carbocycles. The van der Waals surface area contributed by atoms with Gasteiger partial charge in [-0.2, -0.15) is 0 Å². The van der Waals surface area contributed by atoms with Crippen LogP contribution in [0.3, 0.4) is 0 Å². The molecule has 4 rings (SSSR count). The quantitative estimate of drug-likeness (QED) is 0.561. The number of aromatic amines is 1. The minimum Gasteiger partial charge on any atom is -0.495 e. The molecular formula is C21H21N5O2S. The van der Waals surface area contributed by atoms with Gasteiger partial charge in [0.1, 0.15) is 11.8 Å². The maximum absolute atomic E-state index is 11.6. The van der Waals surface area contributed by atoms with Crippen LogP contribution >= 0.6 is 12.2 Å². The molecule has 3 aromatic rings. The fourth-order valence-corrected chi connectivity index (χ4v) is 3.96. The van der Waals surface area contributed by atoms with Crippen molar-refractivity contribution in [2.24, 2.45) is 0 Å². The van der Waals surface area contributed by atoms with Gasteiger partial charge in [-0.1, -0.05) is 6.07 Å². The first-order chi connectivity index (χ1) is 14.1. The van der Waals surface area contributed by atoms with Gasteiger partial charge in [0.15, 0.2) is 5.11 Å². The van der Waals surface area contributed by atoms with Gasteiger partial charge in [0.25, 0.3) is 0 Å². The van der Waals surface area contributed by atoms with E-state index in [1.165, 1.54) is 6.92 Å². The molecule has 1 amide bonds. The predicted octanol–water partition coefficient (Wildman–Crippen LogP) is 3.55. The molecule has 1 aromatic carbocycles. The van der Waals surface area contributed by atoms with E-state index in [9.17, 15) is 4.79 Å². The third-order valence-corrected chi connectivity index (χ3v) is 5.13. The second-order valence-corrected chi connectivity index (χ2v) is 7.07. The molecule has 2 atom stereocenters. The highest BCUT2D eigenvalue weighted by Crippen LogP contribution is 2.42. The number of nitrogens with zero attached hydrogens (tertiary/aromatic N) is 2. The second-order valence-electron chi connectivity index (χ2n) is 6.69. The van der Waals surface area contributed by atoms with Crippen LogP contribution < -0.4 is 20.3 Å². The van der Waals surface area contributed by atoms with Gasteiger partial charge in [0.2, 0.25) is 5.91 Å². The summed E-state index contributed by atoms with van der Waals surface area (Å²) >= 11 is 5.70. The first-order valence-corrected chi connectivity index (χ1v) is 9.59. The SMILES string of the molecule is COc1ccc(N2C(=S)N[C@@H](c3ccccn3)[C@@H]2c2ccc[nH]2)cc1NC(C)=O. The number of benzene rings is 1. The van der Waals surface area contributed by atoms with Crippen molar-refractivity contribution in [1.29, 1.82) is 0 Å². The number of pyridine rings is 1. The second kappa shape index (κ2) is 7.92. The van der Waals surface area contributed by atoms with Crippen molar-refractivity contribution in [2.75, 3.05) is 17.3 Å². The van der Waals surface area contributed by atoms with Crippen molar-refractivity contribution in [3.63, 3.8) is 0 Å². The number of rotatable bonds is 5. The smallest absolute Gasteiger partial charge is 0.221 e. The van der Waals surface area contributed by atoms with Crippen molar-refractivity contribution in [1.82, 2.24) is 15.3 Å². The fraction of sp³-hybridized carbons (Fsp3) is 0.190. The van der Waals surface area contributed by atoms with Crippen LogP contribution in [-0.4, -0.2) is 28.1 Å². The summed E-state index contributed by atoms with van der Waals surface area (Å²) in [5.41, 5.74) is 3.33. The Morgan fingerprint density at radius 2 is 2.10 bits per heavy atom. The highest BCUT2D eigenvalue weighted by molar-refractivity contribution is 7.80. The van der Waals surface area contributed by atoms with E-state index in [0.717, 1.165) is 17.1 Å². The molecule has 1 aliphatic heterocycles. The third kappa shape index (κ3) is 3.66. The average Bonchev–Trinajstić information content (AvgIpc) is 3.35. The summed E-state index contributed by atoms with van der Waals surface area (Å²) in [7, 11) is 1.57. The number of carbonyl (C=O) groups excluding carboxylic acids is 1. The molecule has 0 saturated carbocycles. The topological polar surface area (TPSA) is 82.3 Å². The summed E-state index contributed by atoms with van der Waals surface area (Å²) < 4.78 is 5.38. The average molecular weight is 407 g/mol. The van der Waals surface area contributed by atoms with Crippen LogP contribution in [0, 0.1) is 0 Å². The van der Waals surface area contributed by atoms with Crippen molar-refractivity contribution >= 4 is 34.6 Å². The van der Waals surface area contributed by atoms with Gasteiger partial charge >= 0.3 is 0 Å². The number of ether oxygens (including phenoxy) is 1. The summed E-state index contributed by atoms with van der Waals surface area (Å²) in [5.74, 6) is 0.412. The lowest BCUT2D eigenvalue weighted by atomic mass is 10.0. The van der Waals surface area contributed by atoms with E-state index >= 15 is 0 Å². The Hall–Kier alpha value is -3.39. The Kier molecular flexibility index (Phi) is 5.18. The van der Waals surface area contributed by atoms with Crippen molar-refractivity contribution in [3.8, 4) is 5.75 Å². The number of thiocarbonyl (C=S) groups is 1. The molecular weight excluding hydrogens is 386 g/mol. The zero-order chi connectivity index (χ0) is 20.4. The summed E-state index contributed by atoms with van der Waals surface area (Å²) in [4.78, 5) is 21.5. The van der Waals surface area contributed by atoms with E-state index in [2.05, 4.69) is 20.6 Å². The molecule has 0 spiro atoms. The monoisotopic (exact) mass is 407 g/mol. The third-order valence-electron chi connectivity index (χ3n) is 4.81. The molecule has 29 heavy (non-hydrogen) atoms. The van der Waals surface area contributed by atoms with Crippen molar-refractivity contribution in [2.45, 2.75) is 19.0 Å². The van der Waals surface area contributed by atoms with Crippen LogP contribution in [0.2, 0.25) is 0 Å². The van der Waals surface area contributed by atoms with Gasteiger partial charge in [-0.25, -0.2) is 0 Å². The summed E-state index contributed by atoms with van der Waals surface area (Å²) in [6, 6.07) is 15.2. The molecule has 0 unspecified atom stereocenters. The van der Waals surface area contributed by atoms with Crippen LogP contribution in [0.1, 0.15) is 30.4 Å². The van der Waals surface area contributed by atoms with E-state index in [4.69, 9.17) is 17.0 Å². The number of hydrogen-bond donors (Lipinski definition) is 3. The summed E-state index contributed by atoms with van der Waals surface area (Å²) in [6.45, 7) is 1.47. The standard InChI is InChI=1S/C21H21N5O2S/c1-13(27)24-17-12-14(8-9-18(17)28-2)26-20(16-7-5-11-23-16)19(25-21(26)29)15-6-3-4-10-22-15/h3-12,19-20,23H,1-2H3,(H,24,27)(H,25,29)/t19-,20-/m0/s1. The van der Waals surface area contributed by atoms with Gasteiger partial charge < -0.3 is 25.3 Å². The van der Waals surface area contributed by atoms with Crippen LogP contribution in [-0.2, 0) is 4.79 Å². The highest BCUT2D eigenvalue weighted by atomic mass is 32.1. The Morgan fingerprint density at radius 1 is 1.24 bits per heavy atom. The van der Waals surface area contributed by atoms with Crippen LogP contribution in [0.25, 0.3) is 0 Å². The number of carbonyl (C=O) groups is 1. The Bertz CT molecular complexity index is 1020. The largest absolute Gasteiger partial charge is 0.495 e. The van der Waals surface area contributed by atoms with Gasteiger partial charge in [0.05, 0.1) is 24.5 Å². The molecule has 8 heteroatoms. The molecule has 1 saturated heterocycles. The highest BCUT2D eigenvalue weighted by Gasteiger charge is 2.41. The lowest BCUT2D eigenvalue weighted by molar-refractivity contribution is -0.114. The van der Waals surface area contributed by atoms with Gasteiger partial charge in [0, 0.05) is 30.7 Å². The Morgan fingerprint density at radius 3 is 2.76 bits per heavy atom. The molecule has 2 aromatic heterocycles. The molecule has 3 N–H and O–H groups in total. The minimum atomic E-state index is -0.171. The lowest BCUT2D eigenvalue weighted by Gasteiger charge is -2.27. The maximum atomic E-state index is 11.6. The van der Waals surface area contributed by atoms with Gasteiger partial charge in [-0.05, 0) is 54.7 Å². The zero-order valence-electron chi connectivity index (χ0n) is 16.0. The number of hydrogen-bond acceptors (Lipinski definition) is 4. The lowest BCUT2D eigenvalue weighted by Crippen LogP contribution is -2.29. The number of nitrogens with one attached hydrogen (secondary N) is 3. The summed E-state index contributed by atoms with van der Waals surface area (Å²) in [6.07, 6.45) is 3.66. The Labute approximate surface area is 174 Å². The number of H-pyrrole nitrogens is 1. The van der Waals surface area contributed by atoms with E-state index in [1.54, 1.807) is 13.3 Å². The molecule has 7 nitrogen and oxygen atoms in total. The molecule has 1 aliphatic rings. The normalized spacial score (nSPS) is 18.4. The van der Waals surface area contributed by atoms with Crippen molar-refractivity contribution < 1.29 is 9.53 Å². The van der Waals surface area contributed by atoms with E-state index in [-0.39, 0.29) is 18.0 Å². The van der Waals surface area contributed by atoms with Crippen LogP contribution in [0.15, 0.2) is 60.9 Å². The number of methoxy groups -OCH3 is 1. The number of anilines is 2. The number of aromatic nitrogens is 2. The fourth-order valence-electron chi connectivity index (χ4n) is 3.61. The van der Waals surface area contributed by atoms with Gasteiger partial charge in [-0.3, -0.25) is 9.78 Å². The molecule has 0 bridgehead atoms. The van der Waals surface area contributed by atoms with Crippen LogP contribution in [0.4, 0.5) is 11.4 Å². The molecule has 3 heterocycles. The zero-order valence-corrected chi connectivity index (χ0v) is 16.9. The van der Waals surface area contributed by atoms with Gasteiger partial charge in [-0.15, -0.1) is 0 Å². The molecule has 0 radical (unpaired) electrons. The summed E-state index contributed by atoms with van der Waals surface area (Å²) in [5, 5.41) is 6.81. The van der Waals surface area contributed by atoms with Crippen LogP contribution in [0.5, 0.6) is 5.75 Å². The maximum Gasteiger partial charge on any atom is 0.221 e. The molecule has 148 valence electrons.